The third kappa shape index (κ3) is 3.67. The van der Waals surface area contributed by atoms with Gasteiger partial charge in [0.05, 0.1) is 5.69 Å². The number of hydrogen-bond donors (Lipinski definition) is 3. The van der Waals surface area contributed by atoms with Gasteiger partial charge in [0.1, 0.15) is 5.75 Å². The first-order chi connectivity index (χ1) is 9.15. The standard InChI is InChI=1S/C15H24N2O2/c1-12-5-6-14(19)13(17-12)9-16-10-15(11-18)7-3-2-4-8-15/h5-6,16,18-19H,2-4,7-11H2,1H3. The second-order valence-electron chi connectivity index (χ2n) is 5.74. The highest BCUT2D eigenvalue weighted by Crippen LogP contribution is 2.35. The van der Waals surface area contributed by atoms with Gasteiger partial charge in [-0.25, -0.2) is 0 Å². The van der Waals surface area contributed by atoms with Crippen LogP contribution in [0, 0.1) is 12.3 Å². The van der Waals surface area contributed by atoms with Crippen molar-refractivity contribution < 1.29 is 10.2 Å². The third-order valence-corrected chi connectivity index (χ3v) is 4.13. The van der Waals surface area contributed by atoms with Gasteiger partial charge >= 0.3 is 0 Å². The molecule has 0 radical (unpaired) electrons. The van der Waals surface area contributed by atoms with Crippen molar-refractivity contribution in [3.8, 4) is 5.75 Å². The van der Waals surface area contributed by atoms with E-state index in [1.807, 2.05) is 6.92 Å². The lowest BCUT2D eigenvalue weighted by atomic mass is 9.74. The minimum Gasteiger partial charge on any atom is -0.506 e. The van der Waals surface area contributed by atoms with E-state index < -0.39 is 0 Å². The molecule has 106 valence electrons. The highest BCUT2D eigenvalue weighted by molar-refractivity contribution is 5.27. The normalized spacial score (nSPS) is 18.4. The van der Waals surface area contributed by atoms with Crippen molar-refractivity contribution in [1.29, 1.82) is 0 Å². The summed E-state index contributed by atoms with van der Waals surface area (Å²) in [5, 5.41) is 22.7. The summed E-state index contributed by atoms with van der Waals surface area (Å²) in [6.45, 7) is 3.50. The summed E-state index contributed by atoms with van der Waals surface area (Å²) in [4.78, 5) is 4.33. The van der Waals surface area contributed by atoms with Gasteiger partial charge < -0.3 is 15.5 Å². The maximum absolute atomic E-state index is 9.74. The van der Waals surface area contributed by atoms with Gasteiger partial charge in [-0.3, -0.25) is 4.98 Å². The van der Waals surface area contributed by atoms with E-state index in [-0.39, 0.29) is 17.8 Å². The van der Waals surface area contributed by atoms with Crippen LogP contribution in [0.5, 0.6) is 5.75 Å². The van der Waals surface area contributed by atoms with E-state index in [0.717, 1.165) is 25.1 Å². The highest BCUT2D eigenvalue weighted by Gasteiger charge is 2.30. The molecule has 0 atom stereocenters. The molecule has 19 heavy (non-hydrogen) atoms. The van der Waals surface area contributed by atoms with Crippen LogP contribution in [0.3, 0.4) is 0 Å². The SMILES string of the molecule is Cc1ccc(O)c(CNCC2(CO)CCCCC2)n1. The molecular formula is C15H24N2O2. The molecule has 2 rings (SSSR count). The minimum atomic E-state index is 0.0255. The van der Waals surface area contributed by atoms with Gasteiger partial charge in [0.15, 0.2) is 0 Å². The average Bonchev–Trinajstić information content (AvgIpc) is 2.44. The molecule has 0 aliphatic heterocycles. The summed E-state index contributed by atoms with van der Waals surface area (Å²) in [5.41, 5.74) is 1.62. The number of aromatic nitrogens is 1. The van der Waals surface area contributed by atoms with Crippen molar-refractivity contribution >= 4 is 0 Å². The Kier molecular flexibility index (Phi) is 4.77. The lowest BCUT2D eigenvalue weighted by molar-refractivity contribution is 0.0809. The number of hydrogen-bond acceptors (Lipinski definition) is 4. The van der Waals surface area contributed by atoms with E-state index in [2.05, 4.69) is 10.3 Å². The van der Waals surface area contributed by atoms with E-state index in [4.69, 9.17) is 0 Å². The number of rotatable bonds is 5. The molecule has 0 spiro atoms. The van der Waals surface area contributed by atoms with Crippen LogP contribution in [0.4, 0.5) is 0 Å². The smallest absolute Gasteiger partial charge is 0.138 e. The van der Waals surface area contributed by atoms with E-state index >= 15 is 0 Å². The van der Waals surface area contributed by atoms with Gasteiger partial charge in [0.2, 0.25) is 0 Å². The van der Waals surface area contributed by atoms with Crippen molar-refractivity contribution in [1.82, 2.24) is 10.3 Å². The van der Waals surface area contributed by atoms with E-state index in [1.54, 1.807) is 12.1 Å². The Labute approximate surface area is 114 Å². The Balaban J connectivity index is 1.90. The van der Waals surface area contributed by atoms with Crippen LogP contribution in [0.15, 0.2) is 12.1 Å². The molecule has 1 aliphatic carbocycles. The molecule has 3 N–H and O–H groups in total. The molecule has 0 amide bonds. The lowest BCUT2D eigenvalue weighted by Crippen LogP contribution is -2.39. The van der Waals surface area contributed by atoms with Crippen molar-refractivity contribution in [3.05, 3.63) is 23.5 Å². The number of aliphatic hydroxyl groups excluding tert-OH is 1. The molecule has 1 aliphatic rings. The summed E-state index contributed by atoms with van der Waals surface area (Å²) in [6.07, 6.45) is 5.86. The maximum atomic E-state index is 9.74. The highest BCUT2D eigenvalue weighted by atomic mass is 16.3. The molecule has 1 aromatic rings. The van der Waals surface area contributed by atoms with Crippen molar-refractivity contribution in [2.45, 2.75) is 45.6 Å². The van der Waals surface area contributed by atoms with Crippen molar-refractivity contribution in [2.75, 3.05) is 13.2 Å². The van der Waals surface area contributed by atoms with E-state index in [0.29, 0.717) is 12.2 Å². The Hall–Kier alpha value is -1.13. The monoisotopic (exact) mass is 264 g/mol. The zero-order chi connectivity index (χ0) is 13.7. The largest absolute Gasteiger partial charge is 0.506 e. The number of aromatic hydroxyl groups is 1. The lowest BCUT2D eigenvalue weighted by Gasteiger charge is -2.35. The first kappa shape index (κ1) is 14.3. The number of aryl methyl sites for hydroxylation is 1. The first-order valence-corrected chi connectivity index (χ1v) is 7.12. The van der Waals surface area contributed by atoms with Gasteiger partial charge in [-0.2, -0.15) is 0 Å². The molecule has 1 saturated carbocycles. The Bertz CT molecular complexity index is 415. The fourth-order valence-electron chi connectivity index (χ4n) is 2.87. The Morgan fingerprint density at radius 2 is 2.00 bits per heavy atom. The van der Waals surface area contributed by atoms with E-state index in [9.17, 15) is 10.2 Å². The Morgan fingerprint density at radius 1 is 1.26 bits per heavy atom. The van der Waals surface area contributed by atoms with Gasteiger partial charge in [-0.05, 0) is 31.9 Å². The molecule has 0 aromatic carbocycles. The fourth-order valence-corrected chi connectivity index (χ4v) is 2.87. The van der Waals surface area contributed by atoms with Crippen LogP contribution in [0.25, 0.3) is 0 Å². The second-order valence-corrected chi connectivity index (χ2v) is 5.74. The quantitative estimate of drug-likeness (QED) is 0.762. The fraction of sp³-hybridized carbons (Fsp3) is 0.667. The zero-order valence-electron chi connectivity index (χ0n) is 11.7. The summed E-state index contributed by atoms with van der Waals surface area (Å²) >= 11 is 0. The molecule has 0 bridgehead atoms. The summed E-state index contributed by atoms with van der Waals surface area (Å²) < 4.78 is 0. The Morgan fingerprint density at radius 3 is 2.68 bits per heavy atom. The molecule has 4 nitrogen and oxygen atoms in total. The van der Waals surface area contributed by atoms with Gasteiger partial charge in [-0.1, -0.05) is 19.3 Å². The van der Waals surface area contributed by atoms with Crippen LogP contribution in [0.1, 0.15) is 43.5 Å². The van der Waals surface area contributed by atoms with Crippen LogP contribution in [-0.2, 0) is 6.54 Å². The number of aliphatic hydroxyl groups is 1. The van der Waals surface area contributed by atoms with Crippen molar-refractivity contribution in [3.63, 3.8) is 0 Å². The molecule has 1 heterocycles. The topological polar surface area (TPSA) is 65.4 Å². The van der Waals surface area contributed by atoms with Crippen molar-refractivity contribution in [2.24, 2.45) is 5.41 Å². The second kappa shape index (κ2) is 6.35. The summed E-state index contributed by atoms with van der Waals surface area (Å²) in [5.74, 6) is 0.236. The van der Waals surface area contributed by atoms with Crippen LogP contribution >= 0.6 is 0 Å². The minimum absolute atomic E-state index is 0.0255. The zero-order valence-corrected chi connectivity index (χ0v) is 11.7. The summed E-state index contributed by atoms with van der Waals surface area (Å²) in [6, 6.07) is 3.48. The number of nitrogens with one attached hydrogen (secondary N) is 1. The molecule has 1 aromatic heterocycles. The molecule has 1 fully saturated rings. The van der Waals surface area contributed by atoms with E-state index in [1.165, 1.54) is 19.3 Å². The van der Waals surface area contributed by atoms with Gasteiger partial charge in [0, 0.05) is 30.8 Å². The number of nitrogens with zero attached hydrogens (tertiary/aromatic N) is 1. The molecular weight excluding hydrogens is 240 g/mol. The predicted molar refractivity (Wildman–Crippen MR) is 74.9 cm³/mol. The van der Waals surface area contributed by atoms with Gasteiger partial charge in [0.25, 0.3) is 0 Å². The van der Waals surface area contributed by atoms with Crippen LogP contribution in [0.2, 0.25) is 0 Å². The molecule has 0 saturated heterocycles. The average molecular weight is 264 g/mol. The summed E-state index contributed by atoms with van der Waals surface area (Å²) in [7, 11) is 0. The van der Waals surface area contributed by atoms with Crippen LogP contribution in [-0.4, -0.2) is 28.3 Å². The first-order valence-electron chi connectivity index (χ1n) is 7.12. The third-order valence-electron chi connectivity index (χ3n) is 4.13. The van der Waals surface area contributed by atoms with Crippen LogP contribution < -0.4 is 5.32 Å². The number of pyridine rings is 1. The predicted octanol–water partition coefficient (Wildman–Crippen LogP) is 2.13. The maximum Gasteiger partial charge on any atom is 0.138 e. The molecule has 0 unspecified atom stereocenters. The van der Waals surface area contributed by atoms with Gasteiger partial charge in [-0.15, -0.1) is 0 Å². The molecule has 4 heteroatoms.